The molecule has 2 aromatic heterocycles. The van der Waals surface area contributed by atoms with Crippen molar-refractivity contribution in [3.8, 4) is 17.1 Å². The molecule has 2 aliphatic rings. The maximum Gasteiger partial charge on any atom is 0.254 e. The molecule has 3 N–H and O–H groups in total. The van der Waals surface area contributed by atoms with E-state index in [4.69, 9.17) is 10.7 Å². The van der Waals surface area contributed by atoms with Gasteiger partial charge in [-0.2, -0.15) is 5.10 Å². The van der Waals surface area contributed by atoms with Crippen LogP contribution in [0.2, 0.25) is 0 Å². The van der Waals surface area contributed by atoms with E-state index in [1.54, 1.807) is 12.4 Å². The number of benzene rings is 1. The number of rotatable bonds is 6. The molecule has 34 heavy (non-hydrogen) atoms. The van der Waals surface area contributed by atoms with Crippen LogP contribution in [0.25, 0.3) is 17.1 Å². The molecule has 9 heteroatoms. The summed E-state index contributed by atoms with van der Waals surface area (Å²) in [5, 5.41) is 7.32. The average molecular weight is 461 g/mol. The number of hydrogen-bond acceptors (Lipinski definition) is 7. The smallest absolute Gasteiger partial charge is 0.254 e. The zero-order chi connectivity index (χ0) is 23.7. The molecule has 1 aromatic carbocycles. The van der Waals surface area contributed by atoms with E-state index in [0.29, 0.717) is 17.9 Å². The molecule has 1 amide bonds. The number of likely N-dealkylation sites (N-methyl/N-ethyl adjacent to an activating group) is 1. The van der Waals surface area contributed by atoms with Crippen LogP contribution in [0.1, 0.15) is 39.9 Å². The molecular weight excluding hydrogens is 428 g/mol. The minimum Gasteiger partial charge on any atom is -0.381 e. The van der Waals surface area contributed by atoms with Gasteiger partial charge in [0.05, 0.1) is 23.7 Å². The van der Waals surface area contributed by atoms with Crippen LogP contribution >= 0.6 is 0 Å². The lowest BCUT2D eigenvalue weighted by molar-refractivity contribution is 0.0949. The number of anilines is 1. The van der Waals surface area contributed by atoms with Crippen LogP contribution in [-0.2, 0) is 13.0 Å². The lowest BCUT2D eigenvalue weighted by Gasteiger charge is -2.27. The van der Waals surface area contributed by atoms with Crippen molar-refractivity contribution in [2.75, 3.05) is 45.5 Å². The predicted molar refractivity (Wildman–Crippen MR) is 132 cm³/mol. The highest BCUT2D eigenvalue weighted by molar-refractivity contribution is 5.93. The van der Waals surface area contributed by atoms with Gasteiger partial charge in [0.1, 0.15) is 0 Å². The van der Waals surface area contributed by atoms with Crippen LogP contribution in [0.4, 0.5) is 5.82 Å². The Labute approximate surface area is 200 Å². The van der Waals surface area contributed by atoms with E-state index >= 15 is 0 Å². The number of amides is 1. The van der Waals surface area contributed by atoms with Crippen molar-refractivity contribution in [1.29, 1.82) is 0 Å². The third kappa shape index (κ3) is 4.67. The second-order valence-electron chi connectivity index (χ2n) is 9.36. The van der Waals surface area contributed by atoms with E-state index in [0.717, 1.165) is 50.4 Å². The maximum atomic E-state index is 12.6. The van der Waals surface area contributed by atoms with Gasteiger partial charge in [0.15, 0.2) is 11.6 Å². The monoisotopic (exact) mass is 460 g/mol. The molecule has 0 bridgehead atoms. The fourth-order valence-electron chi connectivity index (χ4n) is 4.90. The first-order valence-corrected chi connectivity index (χ1v) is 12.0. The minimum absolute atomic E-state index is 0.150. The fraction of sp³-hybridized carbons (Fsp3) is 0.440. The Morgan fingerprint density at radius 1 is 1.18 bits per heavy atom. The van der Waals surface area contributed by atoms with Crippen molar-refractivity contribution in [1.82, 2.24) is 34.9 Å². The number of likely N-dealkylation sites (tertiary alicyclic amines) is 1. The number of aromatic nitrogens is 4. The predicted octanol–water partition coefficient (Wildman–Crippen LogP) is 2.03. The number of nitrogens with zero attached hydrogens (tertiary/aromatic N) is 6. The van der Waals surface area contributed by atoms with Gasteiger partial charge in [0, 0.05) is 37.9 Å². The summed E-state index contributed by atoms with van der Waals surface area (Å²) in [6, 6.07) is 4.36. The normalized spacial score (nSPS) is 16.5. The third-order valence-electron chi connectivity index (χ3n) is 6.80. The number of nitrogens with two attached hydrogens (primary N) is 1. The number of nitrogens with one attached hydrogen (secondary N) is 1. The first-order valence-electron chi connectivity index (χ1n) is 12.0. The lowest BCUT2D eigenvalue weighted by atomic mass is 9.92. The van der Waals surface area contributed by atoms with Gasteiger partial charge in [-0.15, -0.1) is 0 Å². The van der Waals surface area contributed by atoms with Crippen molar-refractivity contribution in [2.45, 2.75) is 32.7 Å². The number of nitrogen functional groups attached to an aromatic ring is 1. The lowest BCUT2D eigenvalue weighted by Crippen LogP contribution is -2.33. The van der Waals surface area contributed by atoms with E-state index in [-0.39, 0.29) is 11.7 Å². The number of hydrogen-bond donors (Lipinski definition) is 2. The van der Waals surface area contributed by atoms with Gasteiger partial charge in [-0.3, -0.25) is 4.79 Å². The standard InChI is InChI=1S/C25H32N8O/c1-17-11-18(12-19-15-31(2)9-5-21(17)19)22-14-28-23(26)24(30-22)33-16-20(13-29-33)25(34)27-6-10-32-7-3-4-8-32/h11-14,16H,3-10,15H2,1-2H3,(H2,26,28)(H,27,34). The molecule has 3 aromatic rings. The van der Waals surface area contributed by atoms with Gasteiger partial charge < -0.3 is 20.9 Å². The Kier molecular flexibility index (Phi) is 6.30. The SMILES string of the molecule is Cc1cc(-c2cnc(N)c(-n3cc(C(=O)NCCN4CCCC4)cn3)n2)cc2c1CCN(C)C2. The van der Waals surface area contributed by atoms with Crippen LogP contribution in [0.3, 0.4) is 0 Å². The molecule has 9 nitrogen and oxygen atoms in total. The topological polar surface area (TPSA) is 105 Å². The second kappa shape index (κ2) is 9.52. The molecule has 0 atom stereocenters. The van der Waals surface area contributed by atoms with E-state index in [2.05, 4.69) is 51.3 Å². The Bertz CT molecular complexity index is 1200. The van der Waals surface area contributed by atoms with Gasteiger partial charge >= 0.3 is 0 Å². The van der Waals surface area contributed by atoms with Crippen LogP contribution in [0.15, 0.2) is 30.7 Å². The number of carbonyl (C=O) groups excluding carboxylic acids is 1. The van der Waals surface area contributed by atoms with Crippen LogP contribution in [-0.4, -0.2) is 75.2 Å². The summed E-state index contributed by atoms with van der Waals surface area (Å²) in [5.41, 5.74) is 12.4. The van der Waals surface area contributed by atoms with Gasteiger partial charge in [-0.1, -0.05) is 0 Å². The van der Waals surface area contributed by atoms with E-state index in [9.17, 15) is 4.79 Å². The molecule has 178 valence electrons. The highest BCUT2D eigenvalue weighted by Crippen LogP contribution is 2.29. The summed E-state index contributed by atoms with van der Waals surface area (Å²) in [6.45, 7) is 7.87. The number of carbonyl (C=O) groups is 1. The van der Waals surface area contributed by atoms with E-state index in [1.165, 1.54) is 40.4 Å². The molecule has 0 unspecified atom stereocenters. The average Bonchev–Trinajstić information content (AvgIpc) is 3.51. The van der Waals surface area contributed by atoms with Gasteiger partial charge in [0.25, 0.3) is 5.91 Å². The molecule has 5 rings (SSSR count). The highest BCUT2D eigenvalue weighted by Gasteiger charge is 2.19. The van der Waals surface area contributed by atoms with Crippen LogP contribution in [0.5, 0.6) is 0 Å². The first kappa shape index (κ1) is 22.5. The Morgan fingerprint density at radius 3 is 2.82 bits per heavy atom. The number of aryl methyl sites for hydroxylation is 1. The summed E-state index contributed by atoms with van der Waals surface area (Å²) in [4.78, 5) is 26.4. The van der Waals surface area contributed by atoms with E-state index in [1.807, 2.05) is 0 Å². The van der Waals surface area contributed by atoms with Crippen molar-refractivity contribution in [3.63, 3.8) is 0 Å². The second-order valence-corrected chi connectivity index (χ2v) is 9.36. The van der Waals surface area contributed by atoms with Crippen molar-refractivity contribution in [3.05, 3.63) is 53.0 Å². The molecule has 1 saturated heterocycles. The first-order chi connectivity index (χ1) is 16.5. The zero-order valence-electron chi connectivity index (χ0n) is 19.9. The largest absolute Gasteiger partial charge is 0.381 e. The van der Waals surface area contributed by atoms with Crippen LogP contribution < -0.4 is 11.1 Å². The van der Waals surface area contributed by atoms with Gasteiger partial charge in [-0.05, 0) is 75.1 Å². The van der Waals surface area contributed by atoms with Crippen molar-refractivity contribution < 1.29 is 4.79 Å². The molecule has 1 fully saturated rings. The Hall–Kier alpha value is -3.30. The molecular formula is C25H32N8O. The molecule has 2 aliphatic heterocycles. The molecule has 4 heterocycles. The molecule has 0 saturated carbocycles. The molecule has 0 radical (unpaired) electrons. The van der Waals surface area contributed by atoms with Gasteiger partial charge in [-0.25, -0.2) is 14.6 Å². The zero-order valence-corrected chi connectivity index (χ0v) is 19.9. The Morgan fingerprint density at radius 2 is 2.00 bits per heavy atom. The summed E-state index contributed by atoms with van der Waals surface area (Å²) >= 11 is 0. The number of fused-ring (bicyclic) bond motifs is 1. The summed E-state index contributed by atoms with van der Waals surface area (Å²) in [6.07, 6.45) is 8.43. The highest BCUT2D eigenvalue weighted by atomic mass is 16.1. The molecule has 0 spiro atoms. The van der Waals surface area contributed by atoms with Crippen molar-refractivity contribution in [2.24, 2.45) is 0 Å². The maximum absolute atomic E-state index is 12.6. The summed E-state index contributed by atoms with van der Waals surface area (Å²) in [5.74, 6) is 0.533. The quantitative estimate of drug-likeness (QED) is 0.580. The Balaban J connectivity index is 1.34. The van der Waals surface area contributed by atoms with Crippen LogP contribution in [0, 0.1) is 6.92 Å². The van der Waals surface area contributed by atoms with E-state index < -0.39 is 0 Å². The fourth-order valence-corrected chi connectivity index (χ4v) is 4.90. The summed E-state index contributed by atoms with van der Waals surface area (Å²) < 4.78 is 1.53. The molecule has 0 aliphatic carbocycles. The minimum atomic E-state index is -0.150. The summed E-state index contributed by atoms with van der Waals surface area (Å²) in [7, 11) is 2.14. The van der Waals surface area contributed by atoms with Gasteiger partial charge in [0.2, 0.25) is 0 Å². The third-order valence-corrected chi connectivity index (χ3v) is 6.80. The van der Waals surface area contributed by atoms with Crippen molar-refractivity contribution >= 4 is 11.7 Å².